The molecule has 1 aliphatic heterocycles. The summed E-state index contributed by atoms with van der Waals surface area (Å²) in [5.41, 5.74) is 0.564. The summed E-state index contributed by atoms with van der Waals surface area (Å²) in [6, 6.07) is 9.66. The van der Waals surface area contributed by atoms with Crippen LogP contribution in [0.3, 0.4) is 0 Å². The largest absolute Gasteiger partial charge is 0.396 e. The van der Waals surface area contributed by atoms with Gasteiger partial charge in [0.2, 0.25) is 5.91 Å². The van der Waals surface area contributed by atoms with Gasteiger partial charge in [-0.1, -0.05) is 30.3 Å². The summed E-state index contributed by atoms with van der Waals surface area (Å²) in [5, 5.41) is 15.5. The Morgan fingerprint density at radius 2 is 2.21 bits per heavy atom. The number of rotatable bonds is 5. The van der Waals surface area contributed by atoms with Gasteiger partial charge in [-0.15, -0.1) is 0 Å². The number of carbonyl (C=O) groups excluding carboxylic acids is 1. The molecule has 3 N–H and O–H groups in total. The van der Waals surface area contributed by atoms with Crippen LogP contribution in [-0.2, 0) is 4.79 Å². The highest BCUT2D eigenvalue weighted by Crippen LogP contribution is 2.22. The average Bonchev–Trinajstić information content (AvgIpc) is 2.87. The second-order valence-corrected chi connectivity index (χ2v) is 5.31. The SMILES string of the molecule is CC1(C(=O)NC(CCO)c2ccccc2)CCCN1. The van der Waals surface area contributed by atoms with Crippen molar-refractivity contribution in [3.63, 3.8) is 0 Å². The molecule has 19 heavy (non-hydrogen) atoms. The molecule has 4 heteroatoms. The Morgan fingerprint density at radius 3 is 2.79 bits per heavy atom. The summed E-state index contributed by atoms with van der Waals surface area (Å²) in [6.07, 6.45) is 2.42. The van der Waals surface area contributed by atoms with E-state index >= 15 is 0 Å². The summed E-state index contributed by atoms with van der Waals surface area (Å²) < 4.78 is 0. The van der Waals surface area contributed by atoms with Crippen molar-refractivity contribution in [1.82, 2.24) is 10.6 Å². The first-order valence-electron chi connectivity index (χ1n) is 6.87. The van der Waals surface area contributed by atoms with Gasteiger partial charge in [0.05, 0.1) is 11.6 Å². The number of nitrogens with one attached hydrogen (secondary N) is 2. The zero-order chi connectivity index (χ0) is 13.7. The molecule has 2 atom stereocenters. The Hall–Kier alpha value is -1.39. The molecule has 0 radical (unpaired) electrons. The second kappa shape index (κ2) is 6.17. The summed E-state index contributed by atoms with van der Waals surface area (Å²) in [6.45, 7) is 2.89. The van der Waals surface area contributed by atoms with Crippen LogP contribution in [0.1, 0.15) is 37.8 Å². The molecule has 0 aromatic heterocycles. The van der Waals surface area contributed by atoms with Crippen molar-refractivity contribution in [1.29, 1.82) is 0 Å². The first-order chi connectivity index (χ1) is 9.15. The Balaban J connectivity index is 2.06. The maximum Gasteiger partial charge on any atom is 0.240 e. The molecule has 1 amide bonds. The van der Waals surface area contributed by atoms with Crippen LogP contribution in [0, 0.1) is 0 Å². The molecule has 2 rings (SSSR count). The summed E-state index contributed by atoms with van der Waals surface area (Å²) in [7, 11) is 0. The average molecular weight is 262 g/mol. The number of carbonyl (C=O) groups is 1. The highest BCUT2D eigenvalue weighted by Gasteiger charge is 2.36. The molecular weight excluding hydrogens is 240 g/mol. The number of aliphatic hydroxyl groups excluding tert-OH is 1. The van der Waals surface area contributed by atoms with Gasteiger partial charge in [-0.25, -0.2) is 0 Å². The van der Waals surface area contributed by atoms with Crippen LogP contribution in [0.15, 0.2) is 30.3 Å². The lowest BCUT2D eigenvalue weighted by atomic mass is 9.97. The molecule has 0 spiro atoms. The summed E-state index contributed by atoms with van der Waals surface area (Å²) in [5.74, 6) is 0.0207. The van der Waals surface area contributed by atoms with Crippen molar-refractivity contribution >= 4 is 5.91 Å². The van der Waals surface area contributed by atoms with Gasteiger partial charge in [0.15, 0.2) is 0 Å². The number of benzene rings is 1. The van der Waals surface area contributed by atoms with Crippen LogP contribution in [-0.4, -0.2) is 29.7 Å². The summed E-state index contributed by atoms with van der Waals surface area (Å²) >= 11 is 0. The van der Waals surface area contributed by atoms with E-state index < -0.39 is 5.54 Å². The fourth-order valence-corrected chi connectivity index (χ4v) is 2.54. The van der Waals surface area contributed by atoms with Gasteiger partial charge >= 0.3 is 0 Å². The molecule has 1 heterocycles. The molecular formula is C15H22N2O2. The van der Waals surface area contributed by atoms with Crippen LogP contribution in [0.25, 0.3) is 0 Å². The maximum atomic E-state index is 12.4. The Kier molecular flexibility index (Phi) is 4.56. The predicted octanol–water partition coefficient (Wildman–Crippen LogP) is 1.37. The third-order valence-electron chi connectivity index (χ3n) is 3.79. The highest BCUT2D eigenvalue weighted by molar-refractivity contribution is 5.86. The van der Waals surface area contributed by atoms with Gasteiger partial charge in [0.1, 0.15) is 0 Å². The van der Waals surface area contributed by atoms with Gasteiger partial charge in [-0.2, -0.15) is 0 Å². The number of amides is 1. The lowest BCUT2D eigenvalue weighted by Gasteiger charge is -2.27. The Bertz CT molecular complexity index is 413. The minimum Gasteiger partial charge on any atom is -0.396 e. The molecule has 0 bridgehead atoms. The standard InChI is InChI=1S/C15H22N2O2/c1-15(9-5-10-16-15)14(19)17-13(8-11-18)12-6-3-2-4-7-12/h2-4,6-7,13,16,18H,5,8-11H2,1H3,(H,17,19). The van der Waals surface area contributed by atoms with Crippen LogP contribution >= 0.6 is 0 Å². The fraction of sp³-hybridized carbons (Fsp3) is 0.533. The molecule has 1 aromatic carbocycles. The Labute approximate surface area is 114 Å². The third-order valence-corrected chi connectivity index (χ3v) is 3.79. The van der Waals surface area contributed by atoms with E-state index in [-0.39, 0.29) is 18.6 Å². The van der Waals surface area contributed by atoms with Gasteiger partial charge in [0, 0.05) is 6.61 Å². The first kappa shape index (κ1) is 14.0. The zero-order valence-corrected chi connectivity index (χ0v) is 11.4. The maximum absolute atomic E-state index is 12.4. The Morgan fingerprint density at radius 1 is 1.47 bits per heavy atom. The van der Waals surface area contributed by atoms with Crippen molar-refractivity contribution in [2.75, 3.05) is 13.2 Å². The van der Waals surface area contributed by atoms with Gasteiger partial charge in [0.25, 0.3) is 0 Å². The van der Waals surface area contributed by atoms with Crippen LogP contribution in [0.5, 0.6) is 0 Å². The van der Waals surface area contributed by atoms with E-state index in [1.54, 1.807) is 0 Å². The molecule has 0 aliphatic carbocycles. The molecule has 4 nitrogen and oxygen atoms in total. The summed E-state index contributed by atoms with van der Waals surface area (Å²) in [4.78, 5) is 12.4. The molecule has 2 unspecified atom stereocenters. The topological polar surface area (TPSA) is 61.4 Å². The van der Waals surface area contributed by atoms with E-state index in [1.807, 2.05) is 37.3 Å². The lowest BCUT2D eigenvalue weighted by molar-refractivity contribution is -0.127. The van der Waals surface area contributed by atoms with Crippen molar-refractivity contribution in [2.24, 2.45) is 0 Å². The normalized spacial score (nSPS) is 24.1. The van der Waals surface area contributed by atoms with Gasteiger partial charge < -0.3 is 15.7 Å². The van der Waals surface area contributed by atoms with Crippen molar-refractivity contribution < 1.29 is 9.90 Å². The molecule has 1 aliphatic rings. The van der Waals surface area contributed by atoms with Crippen molar-refractivity contribution in [3.8, 4) is 0 Å². The molecule has 1 fully saturated rings. The van der Waals surface area contributed by atoms with E-state index in [4.69, 9.17) is 0 Å². The van der Waals surface area contributed by atoms with Crippen LogP contribution < -0.4 is 10.6 Å². The van der Waals surface area contributed by atoms with E-state index in [0.717, 1.165) is 24.9 Å². The van der Waals surface area contributed by atoms with E-state index in [1.165, 1.54) is 0 Å². The first-order valence-corrected chi connectivity index (χ1v) is 6.87. The van der Waals surface area contributed by atoms with E-state index in [9.17, 15) is 9.90 Å². The van der Waals surface area contributed by atoms with Crippen LogP contribution in [0.4, 0.5) is 0 Å². The minimum atomic E-state index is -0.470. The minimum absolute atomic E-state index is 0.0207. The molecule has 1 saturated heterocycles. The lowest BCUT2D eigenvalue weighted by Crippen LogP contribution is -2.52. The molecule has 1 aromatic rings. The van der Waals surface area contributed by atoms with Crippen LogP contribution in [0.2, 0.25) is 0 Å². The van der Waals surface area contributed by atoms with Crippen molar-refractivity contribution in [2.45, 2.75) is 37.8 Å². The smallest absolute Gasteiger partial charge is 0.240 e. The quantitative estimate of drug-likeness (QED) is 0.751. The number of hydrogen-bond acceptors (Lipinski definition) is 3. The number of hydrogen-bond donors (Lipinski definition) is 3. The van der Waals surface area contributed by atoms with Gasteiger partial charge in [-0.3, -0.25) is 4.79 Å². The van der Waals surface area contributed by atoms with E-state index in [0.29, 0.717) is 6.42 Å². The second-order valence-electron chi connectivity index (χ2n) is 5.31. The highest BCUT2D eigenvalue weighted by atomic mass is 16.3. The van der Waals surface area contributed by atoms with Gasteiger partial charge in [-0.05, 0) is 38.3 Å². The fourth-order valence-electron chi connectivity index (χ4n) is 2.54. The van der Waals surface area contributed by atoms with E-state index in [2.05, 4.69) is 10.6 Å². The monoisotopic (exact) mass is 262 g/mol. The molecule has 104 valence electrons. The predicted molar refractivity (Wildman–Crippen MR) is 74.7 cm³/mol. The molecule has 0 saturated carbocycles. The van der Waals surface area contributed by atoms with Crippen molar-refractivity contribution in [3.05, 3.63) is 35.9 Å². The third kappa shape index (κ3) is 3.33. The zero-order valence-electron chi connectivity index (χ0n) is 11.4. The number of aliphatic hydroxyl groups is 1.